The van der Waals surface area contributed by atoms with Gasteiger partial charge in [-0.2, -0.15) is 0 Å². The number of carboxylic acid groups (broad SMARTS) is 1. The Hall–Kier alpha value is -3.08. The van der Waals surface area contributed by atoms with Crippen LogP contribution in [0.3, 0.4) is 0 Å². The fourth-order valence-corrected chi connectivity index (χ4v) is 8.94. The number of rotatable bonds is 19. The maximum absolute atomic E-state index is 13.0. The summed E-state index contributed by atoms with van der Waals surface area (Å²) in [6.45, 7) is -2.18. The number of nitrogens with one attached hydrogen (secondary N) is 3. The SMILES string of the molecule is CC(=O)N[C@@H]1[C@@H](O[C@@H]2O[C@H](CO)[C@H](O)[C@H](O[C@@H]3O[C@H](CO)[C@@H](O[C@@H]4O[C@H](CO)[C@H](O)[C@H](O[C@]5(C(=O)O)C[C@H](O)[C@@H](NC(C)=O)[C@H]([C@H](O)[C@H](O)CO)O5)[C@H]4O)[C@H](O)[C@H]3NC(C)=O)[C@H]2O)[C@@H](O)[C@@H](CO)O[C@@H]1O. The van der Waals surface area contributed by atoms with Gasteiger partial charge in [0.15, 0.2) is 25.2 Å². The van der Waals surface area contributed by atoms with Crippen molar-refractivity contribution in [2.24, 2.45) is 0 Å². The fourth-order valence-electron chi connectivity index (χ4n) is 8.94. The molecule has 71 heavy (non-hydrogen) atoms. The predicted octanol–water partition coefficient (Wildman–Crippen LogP) is -12.3. The summed E-state index contributed by atoms with van der Waals surface area (Å²) in [5.41, 5.74) is 0. The summed E-state index contributed by atoms with van der Waals surface area (Å²) >= 11 is 0. The van der Waals surface area contributed by atoms with Crippen LogP contribution in [0.2, 0.25) is 0 Å². The molecule has 5 rings (SSSR count). The van der Waals surface area contributed by atoms with Crippen LogP contribution in [0.5, 0.6) is 0 Å². The van der Waals surface area contributed by atoms with E-state index in [1.165, 1.54) is 0 Å². The van der Waals surface area contributed by atoms with Gasteiger partial charge in [-0.25, -0.2) is 4.79 Å². The number of aliphatic carboxylic acids is 1. The number of carboxylic acids is 1. The normalized spacial score (nSPS) is 45.0. The summed E-state index contributed by atoms with van der Waals surface area (Å²) < 4.78 is 51.0. The van der Waals surface area contributed by atoms with Gasteiger partial charge < -0.3 is 140 Å². The Morgan fingerprint density at radius 2 is 0.986 bits per heavy atom. The van der Waals surface area contributed by atoms with Gasteiger partial charge in [-0.3, -0.25) is 14.4 Å². The van der Waals surface area contributed by atoms with Gasteiger partial charge in [0, 0.05) is 27.2 Å². The van der Waals surface area contributed by atoms with E-state index >= 15 is 0 Å². The summed E-state index contributed by atoms with van der Waals surface area (Å²) in [5.74, 6) is -7.69. The van der Waals surface area contributed by atoms with E-state index in [0.717, 1.165) is 20.8 Å². The molecule has 0 radical (unpaired) electrons. The highest BCUT2D eigenvalue weighted by Gasteiger charge is 2.61. The fraction of sp³-hybridized carbons (Fsp3) is 0.897. The minimum atomic E-state index is -3.18. The molecule has 0 aromatic heterocycles. The largest absolute Gasteiger partial charge is 0.477 e. The maximum Gasteiger partial charge on any atom is 0.364 e. The maximum atomic E-state index is 13.0. The van der Waals surface area contributed by atoms with E-state index in [1.54, 1.807) is 0 Å². The number of ether oxygens (including phenoxy) is 9. The molecule has 5 aliphatic rings. The number of aliphatic hydroxyl groups excluding tert-OH is 15. The molecule has 410 valence electrons. The van der Waals surface area contributed by atoms with E-state index < -0.39 is 222 Å². The van der Waals surface area contributed by atoms with Crippen LogP contribution in [0.15, 0.2) is 0 Å². The van der Waals surface area contributed by atoms with Crippen molar-refractivity contribution in [2.45, 2.75) is 186 Å². The first-order valence-corrected chi connectivity index (χ1v) is 22.2. The quantitative estimate of drug-likeness (QED) is 0.0571. The molecule has 0 aromatic rings. The predicted molar refractivity (Wildman–Crippen MR) is 219 cm³/mol. The van der Waals surface area contributed by atoms with Gasteiger partial charge in [-0.1, -0.05) is 0 Å². The Bertz CT molecular complexity index is 1780. The molecule has 5 saturated heterocycles. The number of carbonyl (C=O) groups excluding carboxylic acids is 3. The zero-order valence-electron chi connectivity index (χ0n) is 38.1. The van der Waals surface area contributed by atoms with E-state index in [0.29, 0.717) is 0 Å². The summed E-state index contributed by atoms with van der Waals surface area (Å²) in [6.07, 6.45) is -45.1. The second-order valence-corrected chi connectivity index (χ2v) is 17.6. The smallest absolute Gasteiger partial charge is 0.364 e. The van der Waals surface area contributed by atoms with Crippen LogP contribution in [0, 0.1) is 0 Å². The Kier molecular flexibility index (Phi) is 20.7. The van der Waals surface area contributed by atoms with Crippen molar-refractivity contribution >= 4 is 23.7 Å². The van der Waals surface area contributed by atoms with Crippen molar-refractivity contribution in [3.63, 3.8) is 0 Å². The number of hydrogen-bond acceptors (Lipinski definition) is 28. The van der Waals surface area contributed by atoms with Crippen molar-refractivity contribution in [1.82, 2.24) is 16.0 Å². The van der Waals surface area contributed by atoms with Crippen molar-refractivity contribution in [1.29, 1.82) is 0 Å². The van der Waals surface area contributed by atoms with Crippen LogP contribution in [0.25, 0.3) is 0 Å². The Morgan fingerprint density at radius 3 is 1.49 bits per heavy atom. The molecule has 5 fully saturated rings. The lowest BCUT2D eigenvalue weighted by atomic mass is 9.88. The molecule has 32 nitrogen and oxygen atoms in total. The van der Waals surface area contributed by atoms with E-state index in [4.69, 9.17) is 42.6 Å². The Labute approximate surface area is 402 Å². The van der Waals surface area contributed by atoms with Gasteiger partial charge in [-0.15, -0.1) is 0 Å². The lowest BCUT2D eigenvalue weighted by Crippen LogP contribution is -2.71. The average molecular weight is 1040 g/mol. The van der Waals surface area contributed by atoms with Crippen LogP contribution in [-0.4, -0.2) is 297 Å². The van der Waals surface area contributed by atoms with Crippen molar-refractivity contribution in [3.8, 4) is 0 Å². The van der Waals surface area contributed by atoms with E-state index in [-0.39, 0.29) is 0 Å². The molecule has 5 aliphatic heterocycles. The highest BCUT2D eigenvalue weighted by atomic mass is 16.8. The number of amides is 3. The highest BCUT2D eigenvalue weighted by Crippen LogP contribution is 2.39. The molecule has 3 amide bonds. The molecular formula is C39H65N3O29. The summed E-state index contributed by atoms with van der Waals surface area (Å²) in [6, 6.07) is -5.06. The van der Waals surface area contributed by atoms with E-state index in [1.807, 2.05) is 0 Å². The molecule has 0 spiro atoms. The lowest BCUT2D eigenvalue weighted by Gasteiger charge is -2.51. The monoisotopic (exact) mass is 1040 g/mol. The number of hydrogen-bond donors (Lipinski definition) is 19. The zero-order chi connectivity index (χ0) is 53.0. The van der Waals surface area contributed by atoms with E-state index in [9.17, 15) is 101 Å². The third kappa shape index (κ3) is 12.9. The number of aliphatic hydroxyl groups is 15. The first kappa shape index (κ1) is 58.8. The summed E-state index contributed by atoms with van der Waals surface area (Å²) in [5, 5.41) is 179. The first-order valence-electron chi connectivity index (χ1n) is 22.2. The van der Waals surface area contributed by atoms with Gasteiger partial charge in [0.05, 0.1) is 45.2 Å². The summed E-state index contributed by atoms with van der Waals surface area (Å²) in [4.78, 5) is 49.5. The molecule has 0 unspecified atom stereocenters. The van der Waals surface area contributed by atoms with Gasteiger partial charge in [0.1, 0.15) is 116 Å². The van der Waals surface area contributed by atoms with Gasteiger partial charge in [-0.05, 0) is 0 Å². The molecule has 19 N–H and O–H groups in total. The van der Waals surface area contributed by atoms with Crippen LogP contribution >= 0.6 is 0 Å². The second-order valence-electron chi connectivity index (χ2n) is 17.6. The second kappa shape index (κ2) is 25.0. The molecule has 26 atom stereocenters. The summed E-state index contributed by atoms with van der Waals surface area (Å²) in [7, 11) is 0. The molecule has 5 heterocycles. The van der Waals surface area contributed by atoms with Crippen molar-refractivity contribution in [2.75, 3.05) is 33.0 Å². The van der Waals surface area contributed by atoms with E-state index in [2.05, 4.69) is 16.0 Å². The topological polar surface area (TPSA) is 511 Å². The third-order valence-corrected chi connectivity index (χ3v) is 12.5. The molecule has 0 saturated carbocycles. The average Bonchev–Trinajstić information content (AvgIpc) is 3.31. The van der Waals surface area contributed by atoms with Crippen molar-refractivity contribution < 1.29 is 144 Å². The van der Waals surface area contributed by atoms with Crippen molar-refractivity contribution in [3.05, 3.63) is 0 Å². The highest BCUT2D eigenvalue weighted by molar-refractivity contribution is 5.77. The molecule has 32 heteroatoms. The molecule has 0 bridgehead atoms. The lowest BCUT2D eigenvalue weighted by molar-refractivity contribution is -0.389. The minimum Gasteiger partial charge on any atom is -0.477 e. The molecule has 0 aliphatic carbocycles. The van der Waals surface area contributed by atoms with Crippen LogP contribution < -0.4 is 16.0 Å². The zero-order valence-corrected chi connectivity index (χ0v) is 38.1. The Balaban J connectivity index is 1.41. The number of carbonyl (C=O) groups is 4. The molecular weight excluding hydrogens is 974 g/mol. The minimum absolute atomic E-state index is 0.745. The first-order chi connectivity index (χ1) is 33.4. The van der Waals surface area contributed by atoms with Crippen LogP contribution in [0.4, 0.5) is 0 Å². The molecule has 0 aromatic carbocycles. The van der Waals surface area contributed by atoms with Gasteiger partial charge in [0.25, 0.3) is 5.79 Å². The van der Waals surface area contributed by atoms with Gasteiger partial charge in [0.2, 0.25) is 17.7 Å². The standard InChI is InChI=1S/C39H65N3O29/c1-10(48)40-19-13(51)4-39(38(61)62,70-31(19)22(53)14(52)5-43)71-33-25(56)17(8-46)65-37(28(33)59)67-29-18(9-47)66-35(20(26(29)57)41-11(2)49)69-32-24(55)16(7-45)64-36(27(32)58)68-30-21(42-12(3)50)34(60)63-15(6-44)23(30)54/h13-37,43-47,51-60H,4-9H2,1-3H3,(H,40,48)(H,41,49)(H,42,50)(H,61,62)/t13-,14+,15+,16+,17+,18+,19+,20+,21+,22+,23-,24-,25-,26+,27+,28+,29+,30+,31+,32-,33-,34-,35-,36-,37-,39-/m0/s1. The van der Waals surface area contributed by atoms with Crippen LogP contribution in [-0.2, 0) is 61.8 Å². The Morgan fingerprint density at radius 1 is 0.549 bits per heavy atom. The van der Waals surface area contributed by atoms with Gasteiger partial charge >= 0.3 is 5.97 Å². The van der Waals surface area contributed by atoms with Crippen LogP contribution in [0.1, 0.15) is 27.2 Å². The third-order valence-electron chi connectivity index (χ3n) is 12.5.